The van der Waals surface area contributed by atoms with Crippen LogP contribution in [-0.2, 0) is 0 Å². The third-order valence-corrected chi connectivity index (χ3v) is 16.3. The van der Waals surface area contributed by atoms with Gasteiger partial charge < -0.3 is 9.97 Å². The topological polar surface area (TPSA) is 27.0 Å². The van der Waals surface area contributed by atoms with E-state index in [-0.39, 0.29) is 0 Å². The summed E-state index contributed by atoms with van der Waals surface area (Å²) in [5.74, 6) is 0. The van der Waals surface area contributed by atoms with Crippen molar-refractivity contribution in [1.82, 2.24) is 9.97 Å². The van der Waals surface area contributed by atoms with Crippen molar-refractivity contribution in [2.24, 2.45) is 0 Å². The Kier molecular flexibility index (Phi) is 11.7. The van der Waals surface area contributed by atoms with Crippen LogP contribution in [0.3, 0.4) is 0 Å². The summed E-state index contributed by atoms with van der Waals surface area (Å²) < 4.78 is 5.09. The summed E-state index contributed by atoms with van der Waals surface area (Å²) >= 11 is -0.995. The Morgan fingerprint density at radius 2 is 1.41 bits per heavy atom. The molecule has 2 nitrogen and oxygen atoms in total. The molecule has 0 unspecified atom stereocenters. The third kappa shape index (κ3) is 8.30. The minimum absolute atomic E-state index is 0.970. The summed E-state index contributed by atoms with van der Waals surface area (Å²) in [6.07, 6.45) is 10.5. The van der Waals surface area contributed by atoms with Gasteiger partial charge in [0.05, 0.1) is 0 Å². The fraction of sp³-hybridized carbons (Fsp3) is 0.632. The van der Waals surface area contributed by atoms with Gasteiger partial charge >= 0.3 is 93.9 Å². The van der Waals surface area contributed by atoms with Crippen LogP contribution in [0.5, 0.6) is 0 Å². The van der Waals surface area contributed by atoms with Gasteiger partial charge in [-0.3, -0.25) is 0 Å². The van der Waals surface area contributed by atoms with Crippen LogP contribution in [0.15, 0.2) is 30.6 Å². The van der Waals surface area contributed by atoms with E-state index >= 15 is 0 Å². The van der Waals surface area contributed by atoms with Crippen LogP contribution < -0.4 is 4.98 Å². The van der Waals surface area contributed by atoms with Crippen LogP contribution in [0, 0.1) is 0 Å². The fourth-order valence-corrected chi connectivity index (χ4v) is 15.4. The van der Waals surface area contributed by atoms with Gasteiger partial charge in [0, 0.05) is 0 Å². The summed E-state index contributed by atoms with van der Waals surface area (Å²) in [5, 5.41) is 0. The van der Waals surface area contributed by atoms with Crippen molar-refractivity contribution < 1.29 is 0 Å². The van der Waals surface area contributed by atoms with E-state index < -0.39 is 22.7 Å². The number of nitrogens with zero attached hydrogens (tertiary/aromatic N) is 2. The van der Waals surface area contributed by atoms with Gasteiger partial charge in [-0.2, -0.15) is 0 Å². The van der Waals surface area contributed by atoms with Crippen LogP contribution in [-0.4, -0.2) is 27.7 Å². The van der Waals surface area contributed by atoms with E-state index in [9.17, 15) is 0 Å². The molecule has 1 aromatic heterocycles. The first-order valence-corrected chi connectivity index (χ1v) is 17.2. The molecule has 0 fully saturated rings. The second-order valence-electron chi connectivity index (χ2n) is 5.92. The molecule has 2 rings (SSSR count). The molecule has 0 amide bonds. The molecule has 22 heavy (non-hydrogen) atoms. The zero-order valence-corrected chi connectivity index (χ0v) is 18.5. The normalized spacial score (nSPS) is 10.7. The molecule has 1 aromatic carbocycles. The van der Waals surface area contributed by atoms with Gasteiger partial charge in [0.2, 0.25) is 0 Å². The first kappa shape index (κ1) is 19.7. The van der Waals surface area contributed by atoms with Gasteiger partial charge in [0.1, 0.15) is 0 Å². The number of fused-ring (bicyclic) bond motifs is 1. The van der Waals surface area contributed by atoms with Gasteiger partial charge in [-0.25, -0.2) is 0 Å². The van der Waals surface area contributed by atoms with E-state index in [4.69, 9.17) is 0 Å². The maximum absolute atomic E-state index is 4.01. The number of imidazole rings is 1. The Bertz CT molecular complexity index is 432. The standard InChI is InChI=1S/C7H5N2.3C4H9.Pb/c1-2-4-7-6(3-1)8-5-9-7;3*1-3-4-2;/h1-5H;3*1,3-4H2,2H3;/q-1;;;;. The van der Waals surface area contributed by atoms with Crippen molar-refractivity contribution >= 4 is 33.7 Å². The van der Waals surface area contributed by atoms with Crippen LogP contribution >= 0.6 is 0 Å². The van der Waals surface area contributed by atoms with Crippen LogP contribution in [0.4, 0.5) is 0 Å². The number of benzene rings is 1. The molecule has 2 aromatic rings. The minimum Gasteiger partial charge on any atom is -0.443 e. The first-order chi connectivity index (χ1) is 10.8. The van der Waals surface area contributed by atoms with E-state index in [2.05, 4.69) is 30.7 Å². The molecule has 0 aliphatic heterocycles. The molecule has 0 aliphatic rings. The van der Waals surface area contributed by atoms with Crippen molar-refractivity contribution in [1.29, 1.82) is 0 Å². The number of para-hydroxylation sites is 2. The molecule has 3 heteroatoms. The predicted octanol–water partition coefficient (Wildman–Crippen LogP) is 6.07. The van der Waals surface area contributed by atoms with Crippen molar-refractivity contribution in [3.63, 3.8) is 0 Å². The van der Waals surface area contributed by atoms with Crippen LogP contribution in [0.25, 0.3) is 11.0 Å². The zero-order chi connectivity index (χ0) is 16.0. The first-order valence-electron chi connectivity index (χ1n) is 8.97. The zero-order valence-electron chi connectivity index (χ0n) is 14.6. The number of hydrogen-bond acceptors (Lipinski definition) is 1. The summed E-state index contributed by atoms with van der Waals surface area (Å²) in [6.45, 7) is 7.01. The monoisotopic (exact) mass is 496 g/mol. The third-order valence-electron chi connectivity index (χ3n) is 3.93. The molecule has 123 valence electrons. The van der Waals surface area contributed by atoms with Crippen LogP contribution in [0.2, 0.25) is 11.9 Å². The molecule has 0 N–H and O–H groups in total. The largest absolute Gasteiger partial charge is 0.443 e. The molecule has 0 atom stereocenters. The SMILES string of the molecule is CCC[CH2][Pb]([CH2]CCC)[CH2]CCC.c1ccc2[n-]cnc2c1. The summed E-state index contributed by atoms with van der Waals surface area (Å²) in [6, 6.07) is 7.80. The number of hydrogen-bond donors (Lipinski definition) is 0. The van der Waals surface area contributed by atoms with E-state index in [0.717, 1.165) is 11.0 Å². The maximum atomic E-state index is 4.01. The molecule has 0 bridgehead atoms. The Balaban J connectivity index is 0.000000231. The summed E-state index contributed by atoms with van der Waals surface area (Å²) in [5.41, 5.74) is 1.94. The molecular formula is C19H32N2Pb-. The van der Waals surface area contributed by atoms with Gasteiger partial charge in [-0.15, -0.1) is 0 Å². The van der Waals surface area contributed by atoms with Gasteiger partial charge in [0.25, 0.3) is 0 Å². The molecule has 0 aliphatic carbocycles. The molecule has 0 saturated carbocycles. The van der Waals surface area contributed by atoms with Gasteiger partial charge in [0.15, 0.2) is 0 Å². The molecule has 0 saturated heterocycles. The van der Waals surface area contributed by atoms with Gasteiger partial charge in [-0.05, 0) is 11.0 Å². The van der Waals surface area contributed by atoms with Crippen molar-refractivity contribution in [3.8, 4) is 0 Å². The van der Waals surface area contributed by atoms with E-state index in [1.807, 2.05) is 24.3 Å². The molecule has 0 spiro atoms. The van der Waals surface area contributed by atoms with Gasteiger partial charge in [-0.1, -0.05) is 30.6 Å². The van der Waals surface area contributed by atoms with E-state index in [1.54, 1.807) is 18.3 Å². The van der Waals surface area contributed by atoms with Crippen LogP contribution in [0.1, 0.15) is 59.3 Å². The fourth-order valence-electron chi connectivity index (χ4n) is 2.49. The quantitative estimate of drug-likeness (QED) is 0.395. The molecular weight excluding hydrogens is 463 g/mol. The molecule has 1 heterocycles. The van der Waals surface area contributed by atoms with E-state index in [1.165, 1.54) is 38.5 Å². The number of unbranched alkanes of at least 4 members (excludes halogenated alkanes) is 3. The summed E-state index contributed by atoms with van der Waals surface area (Å²) in [7, 11) is 0. The minimum atomic E-state index is -0.995. The van der Waals surface area contributed by atoms with E-state index in [0.29, 0.717) is 0 Å². The Labute approximate surface area is 145 Å². The Morgan fingerprint density at radius 3 is 1.91 bits per heavy atom. The number of aromatic nitrogens is 2. The van der Waals surface area contributed by atoms with Crippen molar-refractivity contribution in [3.05, 3.63) is 30.6 Å². The second kappa shape index (κ2) is 13.1. The maximum Gasteiger partial charge on any atom is -0.0387 e. The van der Waals surface area contributed by atoms with Crippen molar-refractivity contribution in [2.45, 2.75) is 71.2 Å². The second-order valence-corrected chi connectivity index (χ2v) is 17.6. The average molecular weight is 496 g/mol. The molecule has 1 radical (unpaired) electrons. The number of rotatable bonds is 9. The smallest absolute Gasteiger partial charge is 0.0387 e. The predicted molar refractivity (Wildman–Crippen MR) is 100.0 cm³/mol. The average Bonchev–Trinajstić information content (AvgIpc) is 3.03. The van der Waals surface area contributed by atoms with Crippen molar-refractivity contribution in [2.75, 3.05) is 0 Å². The summed E-state index contributed by atoms with van der Waals surface area (Å²) in [4.78, 5) is 8.02. The Hall–Kier alpha value is -0.388. The Morgan fingerprint density at radius 1 is 0.864 bits per heavy atom.